The molecule has 9 heteroatoms. The number of hydrogen-bond donors (Lipinski definition) is 4. The first-order valence-corrected chi connectivity index (χ1v) is 10.1. The number of aryl methyl sites for hydroxylation is 1. The third-order valence-corrected chi connectivity index (χ3v) is 4.45. The fourth-order valence-electron chi connectivity index (χ4n) is 2.99. The summed E-state index contributed by atoms with van der Waals surface area (Å²) in [5, 5.41) is 10.2. The molecule has 0 bridgehead atoms. The Kier molecular flexibility index (Phi) is 9.79. The number of aromatic amines is 1. The molecule has 0 saturated heterocycles. The zero-order chi connectivity index (χ0) is 21.8. The molecule has 0 fully saturated rings. The number of fused-ring (bicyclic) bond motifs is 1. The average molecular weight is 420 g/mol. The molecule has 1 amide bonds. The lowest BCUT2D eigenvalue weighted by Gasteiger charge is -2.11. The predicted molar refractivity (Wildman–Crippen MR) is 119 cm³/mol. The van der Waals surface area contributed by atoms with Gasteiger partial charge in [-0.2, -0.15) is 0 Å². The first-order chi connectivity index (χ1) is 14.6. The summed E-state index contributed by atoms with van der Waals surface area (Å²) in [6.07, 6.45) is 1.76. The highest BCUT2D eigenvalue weighted by Crippen LogP contribution is 2.31. The van der Waals surface area contributed by atoms with Gasteiger partial charge in [-0.15, -0.1) is 0 Å². The fraction of sp³-hybridized carbons (Fsp3) is 0.524. The van der Waals surface area contributed by atoms with Gasteiger partial charge in [0.25, 0.3) is 0 Å². The summed E-state index contributed by atoms with van der Waals surface area (Å²) in [6, 6.07) is 5.95. The van der Waals surface area contributed by atoms with Crippen molar-refractivity contribution in [3.63, 3.8) is 0 Å². The van der Waals surface area contributed by atoms with Gasteiger partial charge in [0.1, 0.15) is 18.0 Å². The predicted octanol–water partition coefficient (Wildman–Crippen LogP) is 1.44. The van der Waals surface area contributed by atoms with Crippen molar-refractivity contribution < 1.29 is 19.0 Å². The van der Waals surface area contributed by atoms with E-state index >= 15 is 0 Å². The maximum absolute atomic E-state index is 11.8. The van der Waals surface area contributed by atoms with E-state index in [0.717, 1.165) is 54.0 Å². The Morgan fingerprint density at radius 2 is 1.90 bits per heavy atom. The lowest BCUT2D eigenvalue weighted by molar-refractivity contribution is -0.119. The molecule has 2 rings (SSSR count). The number of carbonyl (C=O) groups is 1. The second-order valence-electron chi connectivity index (χ2n) is 6.65. The van der Waals surface area contributed by atoms with E-state index in [0.29, 0.717) is 19.1 Å². The van der Waals surface area contributed by atoms with Crippen molar-refractivity contribution in [1.29, 1.82) is 0 Å². The zero-order valence-corrected chi connectivity index (χ0v) is 18.3. The number of ether oxygens (including phenoxy) is 3. The van der Waals surface area contributed by atoms with Crippen LogP contribution in [-0.2, 0) is 16.0 Å². The average Bonchev–Trinajstić information content (AvgIpc) is 3.17. The molecule has 0 atom stereocenters. The van der Waals surface area contributed by atoms with Crippen molar-refractivity contribution in [3.8, 4) is 11.5 Å². The second kappa shape index (κ2) is 12.6. The van der Waals surface area contributed by atoms with Crippen LogP contribution in [0.4, 0.5) is 0 Å². The van der Waals surface area contributed by atoms with Crippen LogP contribution in [0.5, 0.6) is 11.5 Å². The maximum atomic E-state index is 11.8. The van der Waals surface area contributed by atoms with Crippen LogP contribution in [0.25, 0.3) is 10.9 Å². The van der Waals surface area contributed by atoms with Crippen molar-refractivity contribution in [2.75, 3.05) is 54.1 Å². The number of methoxy groups -OCH3 is 3. The summed E-state index contributed by atoms with van der Waals surface area (Å²) in [5.41, 5.74) is 2.11. The van der Waals surface area contributed by atoms with Crippen molar-refractivity contribution in [1.82, 2.24) is 20.9 Å². The van der Waals surface area contributed by atoms with Gasteiger partial charge in [0, 0.05) is 50.0 Å². The quantitative estimate of drug-likeness (QED) is 0.235. The molecule has 1 aromatic carbocycles. The van der Waals surface area contributed by atoms with Gasteiger partial charge < -0.3 is 35.1 Å². The molecule has 2 aromatic rings. The van der Waals surface area contributed by atoms with E-state index in [9.17, 15) is 4.79 Å². The summed E-state index contributed by atoms with van der Waals surface area (Å²) in [4.78, 5) is 19.5. The number of nitrogens with zero attached hydrogens (tertiary/aromatic N) is 1. The van der Waals surface area contributed by atoms with Gasteiger partial charge in [0.2, 0.25) is 5.91 Å². The minimum absolute atomic E-state index is 0.0721. The van der Waals surface area contributed by atoms with Gasteiger partial charge in [0.05, 0.1) is 26.3 Å². The lowest BCUT2D eigenvalue weighted by atomic mass is 10.2. The largest absolute Gasteiger partial charge is 0.497 e. The molecule has 0 radical (unpaired) electrons. The summed E-state index contributed by atoms with van der Waals surface area (Å²) in [6.45, 7) is 4.48. The summed E-state index contributed by atoms with van der Waals surface area (Å²) < 4.78 is 15.7. The Morgan fingerprint density at radius 1 is 1.07 bits per heavy atom. The molecular weight excluding hydrogens is 386 g/mol. The molecule has 0 saturated carbocycles. The summed E-state index contributed by atoms with van der Waals surface area (Å²) in [7, 11) is 4.90. The minimum Gasteiger partial charge on any atom is -0.497 e. The van der Waals surface area contributed by atoms with E-state index in [4.69, 9.17) is 14.2 Å². The number of guanidine groups is 1. The van der Waals surface area contributed by atoms with E-state index in [2.05, 4.69) is 32.0 Å². The molecule has 166 valence electrons. The number of hydrogen-bond acceptors (Lipinski definition) is 5. The van der Waals surface area contributed by atoms with Crippen molar-refractivity contribution >= 4 is 22.8 Å². The summed E-state index contributed by atoms with van der Waals surface area (Å²) in [5.74, 6) is 2.04. The second-order valence-corrected chi connectivity index (χ2v) is 6.65. The fourth-order valence-corrected chi connectivity index (χ4v) is 2.99. The monoisotopic (exact) mass is 419 g/mol. The van der Waals surface area contributed by atoms with Gasteiger partial charge in [-0.25, -0.2) is 4.99 Å². The number of aromatic nitrogens is 1. The highest BCUT2D eigenvalue weighted by Gasteiger charge is 2.09. The Balaban J connectivity index is 1.85. The van der Waals surface area contributed by atoms with E-state index in [1.165, 1.54) is 0 Å². The Hall–Kier alpha value is -2.94. The van der Waals surface area contributed by atoms with E-state index < -0.39 is 0 Å². The topological polar surface area (TPSA) is 109 Å². The van der Waals surface area contributed by atoms with E-state index in [-0.39, 0.29) is 12.5 Å². The van der Waals surface area contributed by atoms with Crippen LogP contribution < -0.4 is 25.4 Å². The van der Waals surface area contributed by atoms with Gasteiger partial charge >= 0.3 is 0 Å². The van der Waals surface area contributed by atoms with Crippen LogP contribution in [0.1, 0.15) is 19.0 Å². The Bertz CT molecular complexity index is 834. The molecule has 0 spiro atoms. The van der Waals surface area contributed by atoms with Crippen LogP contribution in [0.15, 0.2) is 23.2 Å². The van der Waals surface area contributed by atoms with E-state index in [1.807, 2.05) is 19.1 Å². The first-order valence-electron chi connectivity index (χ1n) is 10.1. The zero-order valence-electron chi connectivity index (χ0n) is 18.3. The summed E-state index contributed by atoms with van der Waals surface area (Å²) >= 11 is 0. The van der Waals surface area contributed by atoms with E-state index in [1.54, 1.807) is 21.3 Å². The molecule has 1 heterocycles. The molecule has 30 heavy (non-hydrogen) atoms. The molecule has 0 unspecified atom stereocenters. The van der Waals surface area contributed by atoms with Crippen LogP contribution in [0.2, 0.25) is 0 Å². The standard InChI is InChI=1S/C21H33N5O4/c1-5-22-21(25-14-20(27)23-9-10-28-2)24-8-6-7-15-11-17-18(26-15)12-16(29-3)13-19(17)30-4/h11-13,26H,5-10,14H2,1-4H3,(H,23,27)(H2,22,24,25). The molecule has 0 aliphatic rings. The highest BCUT2D eigenvalue weighted by atomic mass is 16.5. The number of benzene rings is 1. The third kappa shape index (κ3) is 7.14. The van der Waals surface area contributed by atoms with Crippen LogP contribution in [0.3, 0.4) is 0 Å². The number of H-pyrrole nitrogens is 1. The normalized spacial score (nSPS) is 11.4. The van der Waals surface area contributed by atoms with Crippen molar-refractivity contribution in [2.24, 2.45) is 4.99 Å². The molecule has 0 aliphatic carbocycles. The van der Waals surface area contributed by atoms with Gasteiger partial charge in [0.15, 0.2) is 5.96 Å². The van der Waals surface area contributed by atoms with Gasteiger partial charge in [-0.3, -0.25) is 4.79 Å². The first kappa shape index (κ1) is 23.3. The maximum Gasteiger partial charge on any atom is 0.241 e. The smallest absolute Gasteiger partial charge is 0.241 e. The van der Waals surface area contributed by atoms with Gasteiger partial charge in [-0.1, -0.05) is 0 Å². The van der Waals surface area contributed by atoms with Crippen LogP contribution in [0, 0.1) is 0 Å². The van der Waals surface area contributed by atoms with Crippen molar-refractivity contribution in [2.45, 2.75) is 19.8 Å². The molecule has 1 aromatic heterocycles. The van der Waals surface area contributed by atoms with Gasteiger partial charge in [-0.05, 0) is 25.8 Å². The molecule has 4 N–H and O–H groups in total. The molecular formula is C21H33N5O4. The van der Waals surface area contributed by atoms with Crippen molar-refractivity contribution in [3.05, 3.63) is 23.9 Å². The Labute approximate surface area is 177 Å². The molecule has 9 nitrogen and oxygen atoms in total. The number of amides is 1. The highest BCUT2D eigenvalue weighted by molar-refractivity contribution is 5.88. The number of aliphatic imine (C=N–C) groups is 1. The number of rotatable bonds is 12. The third-order valence-electron chi connectivity index (χ3n) is 4.45. The Morgan fingerprint density at radius 3 is 2.60 bits per heavy atom. The lowest BCUT2D eigenvalue weighted by Crippen LogP contribution is -2.39. The van der Waals surface area contributed by atoms with Crippen LogP contribution >= 0.6 is 0 Å². The van der Waals surface area contributed by atoms with Crippen LogP contribution in [-0.4, -0.2) is 71.0 Å². The number of carbonyl (C=O) groups excluding carboxylic acids is 1. The number of nitrogens with one attached hydrogen (secondary N) is 4. The minimum atomic E-state index is -0.133. The SMILES string of the molecule is CCNC(=NCC(=O)NCCOC)NCCCc1cc2c(OC)cc(OC)cc2[nH]1. The molecule has 0 aliphatic heterocycles.